The highest BCUT2D eigenvalue weighted by molar-refractivity contribution is 6.28. The fourth-order valence-corrected chi connectivity index (χ4v) is 21.0. The number of nitriles is 2. The summed E-state index contributed by atoms with van der Waals surface area (Å²) in [6, 6.07) is 163. The first-order chi connectivity index (χ1) is 65.4. The number of nitrogens with one attached hydrogen (secondary N) is 2. The van der Waals surface area contributed by atoms with Crippen LogP contribution in [0.25, 0.3) is 99.5 Å². The molecule has 2 aromatic heterocycles. The van der Waals surface area contributed by atoms with Crippen LogP contribution in [-0.4, -0.2) is 21.6 Å². The van der Waals surface area contributed by atoms with E-state index in [1.54, 1.807) is 0 Å². The first kappa shape index (κ1) is 77.6. The second-order valence-electron chi connectivity index (χ2n) is 33.8. The smallest absolute Gasteiger partial charge is 0.162 e. The maximum atomic E-state index is 11.2. The van der Waals surface area contributed by atoms with Gasteiger partial charge in [-0.3, -0.25) is 0 Å². The molecule has 0 bridgehead atoms. The Bertz CT molecular complexity index is 7600. The van der Waals surface area contributed by atoms with Gasteiger partial charge in [-0.15, -0.1) is 0 Å². The lowest BCUT2D eigenvalue weighted by Crippen LogP contribution is -2.28. The number of hydrogen-bond donors (Lipinski definition) is 2. The molecule has 0 radical (unpaired) electrons. The lowest BCUT2D eigenvalue weighted by atomic mass is 9.67. The summed E-state index contributed by atoms with van der Waals surface area (Å²) >= 11 is 0. The third-order valence-corrected chi connectivity index (χ3v) is 26.8. The molecule has 2 aliphatic carbocycles. The molecule has 132 heavy (non-hydrogen) atoms. The van der Waals surface area contributed by atoms with E-state index in [2.05, 4.69) is 397 Å². The van der Waals surface area contributed by atoms with E-state index < -0.39 is 10.8 Å². The molecule has 0 saturated heterocycles. The summed E-state index contributed by atoms with van der Waals surface area (Å²) < 4.78 is 0. The predicted molar refractivity (Wildman–Crippen MR) is 540 cm³/mol. The zero-order chi connectivity index (χ0) is 87.8. The van der Waals surface area contributed by atoms with Crippen LogP contribution in [0.3, 0.4) is 0 Å². The monoisotopic (exact) mass is 1680 g/mol. The van der Waals surface area contributed by atoms with Crippen LogP contribution < -0.4 is 20.4 Å². The third kappa shape index (κ3) is 12.7. The fourth-order valence-electron chi connectivity index (χ4n) is 21.0. The largest absolute Gasteiger partial charge is 0.339 e. The Labute approximate surface area is 765 Å². The van der Waals surface area contributed by atoms with Gasteiger partial charge in [-0.05, 0) is 208 Å². The fraction of sp³-hybridized carbons (Fsp3) is 0.0164. The van der Waals surface area contributed by atoms with Crippen molar-refractivity contribution in [1.29, 1.82) is 10.5 Å². The molecule has 10 heteroatoms. The van der Waals surface area contributed by atoms with Gasteiger partial charge in [0.1, 0.15) is 23.8 Å². The lowest BCUT2D eigenvalue weighted by Gasteiger charge is -2.34. The first-order valence-electron chi connectivity index (χ1n) is 44.5. The maximum Gasteiger partial charge on any atom is 0.162 e. The molecule has 0 unspecified atom stereocenters. The highest BCUT2D eigenvalue weighted by atomic mass is 15.1. The number of benzene rings is 18. The highest BCUT2D eigenvalue weighted by Crippen LogP contribution is 2.62. The number of anilines is 8. The van der Waals surface area contributed by atoms with Crippen LogP contribution in [0.5, 0.6) is 0 Å². The van der Waals surface area contributed by atoms with E-state index in [0.29, 0.717) is 22.8 Å². The Hall–Kier alpha value is -18.0. The Morgan fingerprint density at radius 3 is 0.902 bits per heavy atom. The Morgan fingerprint density at radius 2 is 0.545 bits per heavy atom. The van der Waals surface area contributed by atoms with E-state index >= 15 is 0 Å². The van der Waals surface area contributed by atoms with Crippen LogP contribution in [0.1, 0.15) is 66.8 Å². The Kier molecular flexibility index (Phi) is 18.9. The van der Waals surface area contributed by atoms with Gasteiger partial charge in [-0.25, -0.2) is 20.0 Å². The Morgan fingerprint density at radius 1 is 0.258 bits per heavy atom. The minimum atomic E-state index is -0.619. The van der Waals surface area contributed by atoms with Crippen molar-refractivity contribution in [3.05, 3.63) is 528 Å². The summed E-state index contributed by atoms with van der Waals surface area (Å²) in [4.78, 5) is 26.2. The van der Waals surface area contributed by atoms with Gasteiger partial charge in [0.15, 0.2) is 11.6 Å². The van der Waals surface area contributed by atoms with E-state index in [1.165, 1.54) is 44.5 Å². The molecule has 4 aliphatic rings. The highest BCUT2D eigenvalue weighted by Gasteiger charge is 2.49. The Balaban J connectivity index is 0.551. The third-order valence-electron chi connectivity index (χ3n) is 26.8. The maximum absolute atomic E-state index is 11.2. The molecule has 0 atom stereocenters. The molecule has 2 aliphatic heterocycles. The molecule has 24 rings (SSSR count). The van der Waals surface area contributed by atoms with Gasteiger partial charge in [-0.1, -0.05) is 352 Å². The molecule has 20 aromatic rings. The number of aromatic nitrogens is 2. The molecular weight excluding hydrogens is 1610 g/mol. The summed E-state index contributed by atoms with van der Waals surface area (Å²) in [5.74, 6) is 2.69. The SMILES string of the molecule is N#C/C(=C(/C#N)c1ccc(N(c2ccccc2)c2ccc(-c3cnc(/N=C4\Nc5cccc6cccc4c56)c(-c4cccc5c4-c4ccccc4C5(c4ccccc4)c4ccccc4)c3)cc2)cc1)c1ccc(N(c2ccccc2)c2ccc(-c3cnc(/N=C4\Nc5cccc6cccc4c56)c(-c4cccc5c4-c4ccccc4C5(c4ccccc4)c4ccccc4)c3)cc2)cc1. The van der Waals surface area contributed by atoms with Gasteiger partial charge in [0.2, 0.25) is 0 Å². The average Bonchev–Trinajstić information content (AvgIpc) is 1.52. The summed E-state index contributed by atoms with van der Waals surface area (Å²) in [5, 5.41) is 34.4. The van der Waals surface area contributed by atoms with Crippen molar-refractivity contribution >= 4 is 101 Å². The normalized spacial score (nSPS) is 13.8. The van der Waals surface area contributed by atoms with Crippen molar-refractivity contribution in [1.82, 2.24) is 9.97 Å². The predicted octanol–water partition coefficient (Wildman–Crippen LogP) is 30.1. The average molecular weight is 1680 g/mol. The van der Waals surface area contributed by atoms with Crippen LogP contribution in [-0.2, 0) is 10.8 Å². The molecule has 0 saturated carbocycles. The van der Waals surface area contributed by atoms with Gasteiger partial charge in [0.05, 0.1) is 22.0 Å². The number of amidine groups is 2. The van der Waals surface area contributed by atoms with Crippen LogP contribution in [0, 0.1) is 22.7 Å². The standard InChI is InChI=1S/C122H78N10/c123-75-105(81-61-69-95(70-62-81)131(91-41-15-5-16-42-91)93-65-57-79(58-66-93)85-73-103(117(125-77-85)129-119-101-49-23-29-83-31-25-55-111(127-119)113(83)101)97-47-27-53-109-115(97)99-45-19-21-51-107(99)121(109,87-33-7-1-8-34-87)88-35-9-2-10-36-88)106(76-124)82-63-71-96(72-64-82)132(92-43-17-6-18-44-92)94-67-59-80(60-68-94)86-74-104(118(126-78-86)130-120-102-50-24-30-84-32-26-56-112(128-120)114(84)102)98-48-28-54-110-116(98)100-46-20-22-52-108(100)122(110,89-37-11-3-12-38-89)90-39-13-4-14-40-90/h1-74,77-78H,(H,125,127,129)(H,126,128,130)/b106-105+. The second-order valence-corrected chi connectivity index (χ2v) is 33.8. The van der Waals surface area contributed by atoms with Crippen LogP contribution in [0.15, 0.2) is 471 Å². The topological polar surface area (TPSA) is 129 Å². The molecule has 18 aromatic carbocycles. The zero-order valence-electron chi connectivity index (χ0n) is 71.5. The quantitative estimate of drug-likeness (QED) is 0.0642. The molecule has 616 valence electrons. The van der Waals surface area contributed by atoms with Gasteiger partial charge in [-0.2, -0.15) is 10.5 Å². The number of para-hydroxylation sites is 2. The number of hydrogen-bond acceptors (Lipinski definition) is 8. The van der Waals surface area contributed by atoms with Gasteiger partial charge < -0.3 is 20.4 Å². The molecule has 0 spiro atoms. The molecule has 4 heterocycles. The van der Waals surface area contributed by atoms with Crippen molar-refractivity contribution in [2.45, 2.75) is 10.8 Å². The van der Waals surface area contributed by atoms with Gasteiger partial charge in [0.25, 0.3) is 0 Å². The van der Waals surface area contributed by atoms with Crippen molar-refractivity contribution in [2.75, 3.05) is 20.4 Å². The molecule has 0 fully saturated rings. The minimum absolute atomic E-state index is 0.261. The summed E-state index contributed by atoms with van der Waals surface area (Å²) in [6.45, 7) is 0. The van der Waals surface area contributed by atoms with E-state index in [-0.39, 0.29) is 11.1 Å². The number of fused-ring (bicyclic) bond motifs is 6. The molecule has 0 amide bonds. The molecule has 10 nitrogen and oxygen atoms in total. The lowest BCUT2D eigenvalue weighted by molar-refractivity contribution is 0.768. The van der Waals surface area contributed by atoms with Crippen molar-refractivity contribution in [3.63, 3.8) is 0 Å². The van der Waals surface area contributed by atoms with E-state index in [9.17, 15) is 10.5 Å². The number of pyridine rings is 2. The minimum Gasteiger partial charge on any atom is -0.339 e. The van der Waals surface area contributed by atoms with Crippen molar-refractivity contribution in [2.24, 2.45) is 9.98 Å². The van der Waals surface area contributed by atoms with E-state index in [0.717, 1.165) is 157 Å². The second kappa shape index (κ2) is 32.2. The van der Waals surface area contributed by atoms with Crippen molar-refractivity contribution in [3.8, 4) is 78.9 Å². The summed E-state index contributed by atoms with van der Waals surface area (Å²) in [5.41, 5.74) is 31.9. The zero-order valence-corrected chi connectivity index (χ0v) is 71.5. The number of allylic oxidation sites excluding steroid dienone is 2. The van der Waals surface area contributed by atoms with E-state index in [4.69, 9.17) is 20.0 Å². The molecule has 2 N–H and O–H groups in total. The van der Waals surface area contributed by atoms with Crippen LogP contribution in [0.4, 0.5) is 57.1 Å². The van der Waals surface area contributed by atoms with Crippen molar-refractivity contribution < 1.29 is 0 Å². The summed E-state index contributed by atoms with van der Waals surface area (Å²) in [6.07, 6.45) is 3.89. The van der Waals surface area contributed by atoms with Crippen LogP contribution >= 0.6 is 0 Å². The number of nitrogens with zero attached hydrogens (tertiary/aromatic N) is 8. The van der Waals surface area contributed by atoms with Gasteiger partial charge >= 0.3 is 0 Å². The van der Waals surface area contributed by atoms with Gasteiger partial charge in [0, 0.05) is 102 Å². The van der Waals surface area contributed by atoms with Crippen LogP contribution in [0.2, 0.25) is 0 Å². The molecular formula is C122H78N10. The van der Waals surface area contributed by atoms with E-state index in [1.807, 2.05) is 97.3 Å². The summed E-state index contributed by atoms with van der Waals surface area (Å²) in [7, 11) is 0. The first-order valence-corrected chi connectivity index (χ1v) is 44.5. The number of aliphatic imine (C=N–C) groups is 2. The number of rotatable bonds is 18.